The normalized spacial score (nSPS) is 29.9. The quantitative estimate of drug-likeness (QED) is 0.188. The first-order chi connectivity index (χ1) is 15.0. The van der Waals surface area contributed by atoms with Crippen molar-refractivity contribution in [1.82, 2.24) is 20.9 Å². The summed E-state index contributed by atoms with van der Waals surface area (Å²) in [7, 11) is 0. The molecule has 0 aromatic heterocycles. The van der Waals surface area contributed by atoms with Gasteiger partial charge in [-0.05, 0) is 37.1 Å². The van der Waals surface area contributed by atoms with Gasteiger partial charge in [0.15, 0.2) is 23.7 Å². The van der Waals surface area contributed by atoms with Crippen molar-refractivity contribution in [3.05, 3.63) is 34.9 Å². The molecule has 0 unspecified atom stereocenters. The summed E-state index contributed by atoms with van der Waals surface area (Å²) in [4.78, 5) is 25.1. The molecule has 3 aliphatic heterocycles. The van der Waals surface area contributed by atoms with Gasteiger partial charge in [-0.15, -0.1) is 0 Å². The number of benzene rings is 1. The van der Waals surface area contributed by atoms with E-state index in [2.05, 4.69) is 16.0 Å². The maximum absolute atomic E-state index is 12.8. The number of carbonyl (C=O) groups excluding carboxylic acids is 2. The Balaban J connectivity index is 1.65. The Hall–Kier alpha value is -3.58. The van der Waals surface area contributed by atoms with Gasteiger partial charge in [-0.3, -0.25) is 10.8 Å². The standard InChI is InChI=1S/C19H25N7O6/c1-8-3-4-10(5-9(8)2)14(27)32-12-6-26-16(21)23-11(7-31-17(22)28)13-18(26,19(12,29)30)25-15(20)24-13/h3-5,11-13,29-30H,6-7H2,1-2H3,(H2,21,23)(H2,22,28)(H3,20,24,25)/t11-,12-,13-,18-/m0/s1. The molecule has 1 amide bonds. The molecule has 3 heterocycles. The molecule has 9 N–H and O–H groups in total. The van der Waals surface area contributed by atoms with E-state index in [1.807, 2.05) is 13.8 Å². The van der Waals surface area contributed by atoms with Crippen molar-refractivity contribution >= 4 is 24.0 Å². The van der Waals surface area contributed by atoms with Crippen LogP contribution in [0.15, 0.2) is 18.2 Å². The second kappa shape index (κ2) is 7.24. The number of hydrogen-bond donors (Lipinski definition) is 8. The fourth-order valence-corrected chi connectivity index (χ4v) is 4.49. The Morgan fingerprint density at radius 1 is 1.25 bits per heavy atom. The van der Waals surface area contributed by atoms with Gasteiger partial charge in [-0.1, -0.05) is 6.07 Å². The molecule has 3 aliphatic rings. The number of guanidine groups is 2. The van der Waals surface area contributed by atoms with Crippen molar-refractivity contribution < 1.29 is 29.3 Å². The molecule has 0 radical (unpaired) electrons. The number of carbonyl (C=O) groups is 2. The van der Waals surface area contributed by atoms with E-state index < -0.39 is 41.7 Å². The summed E-state index contributed by atoms with van der Waals surface area (Å²) in [6, 6.07) is 3.19. The summed E-state index contributed by atoms with van der Waals surface area (Å²) in [5.41, 5.74) is 5.30. The number of aryl methyl sites for hydroxylation is 2. The Bertz CT molecular complexity index is 1010. The van der Waals surface area contributed by atoms with E-state index in [0.717, 1.165) is 11.1 Å². The highest BCUT2D eigenvalue weighted by atomic mass is 16.6. The molecular formula is C19H25N7O6. The average Bonchev–Trinajstić information content (AvgIpc) is 3.17. The minimum Gasteiger partial charge on any atom is -0.451 e. The molecule has 3 saturated heterocycles. The van der Waals surface area contributed by atoms with Gasteiger partial charge in [0.05, 0.1) is 18.2 Å². The summed E-state index contributed by atoms with van der Waals surface area (Å²) >= 11 is 0. The summed E-state index contributed by atoms with van der Waals surface area (Å²) < 4.78 is 10.3. The number of esters is 1. The molecule has 13 heteroatoms. The summed E-state index contributed by atoms with van der Waals surface area (Å²) in [6.07, 6.45) is -2.50. The van der Waals surface area contributed by atoms with Gasteiger partial charge in [0.25, 0.3) is 0 Å². The van der Waals surface area contributed by atoms with Crippen molar-refractivity contribution in [3.63, 3.8) is 0 Å². The second-order valence-corrected chi connectivity index (χ2v) is 8.15. The Labute approximate surface area is 182 Å². The van der Waals surface area contributed by atoms with Crippen molar-refractivity contribution in [2.45, 2.75) is 43.5 Å². The van der Waals surface area contributed by atoms with Crippen LogP contribution in [0.3, 0.4) is 0 Å². The molecule has 4 rings (SSSR count). The molecule has 0 aliphatic carbocycles. The van der Waals surface area contributed by atoms with E-state index >= 15 is 0 Å². The number of amides is 1. The molecule has 0 saturated carbocycles. The minimum absolute atomic E-state index is 0.236. The average molecular weight is 447 g/mol. The number of primary amides is 1. The van der Waals surface area contributed by atoms with Gasteiger partial charge in [-0.2, -0.15) is 0 Å². The van der Waals surface area contributed by atoms with Gasteiger partial charge in [0, 0.05) is 0 Å². The minimum atomic E-state index is -2.72. The summed E-state index contributed by atoms with van der Waals surface area (Å²) in [5, 5.41) is 47.1. The van der Waals surface area contributed by atoms with E-state index in [1.165, 1.54) is 4.90 Å². The van der Waals surface area contributed by atoms with Crippen LogP contribution in [0.4, 0.5) is 4.79 Å². The van der Waals surface area contributed by atoms with Crippen LogP contribution in [0.2, 0.25) is 0 Å². The molecule has 0 bridgehead atoms. The maximum atomic E-state index is 12.8. The van der Waals surface area contributed by atoms with Gasteiger partial charge < -0.3 is 46.3 Å². The lowest BCUT2D eigenvalue weighted by atomic mass is 9.85. The number of nitrogens with one attached hydrogen (secondary N) is 5. The maximum Gasteiger partial charge on any atom is 0.404 e. The number of rotatable bonds is 4. The van der Waals surface area contributed by atoms with E-state index in [-0.39, 0.29) is 30.6 Å². The van der Waals surface area contributed by atoms with E-state index in [4.69, 9.17) is 26.0 Å². The molecule has 1 spiro atoms. The van der Waals surface area contributed by atoms with E-state index in [1.54, 1.807) is 18.2 Å². The fraction of sp³-hybridized carbons (Fsp3) is 0.474. The zero-order chi connectivity index (χ0) is 23.4. The first kappa shape index (κ1) is 21.6. The van der Waals surface area contributed by atoms with Crippen molar-refractivity contribution in [3.8, 4) is 0 Å². The van der Waals surface area contributed by atoms with Crippen molar-refractivity contribution in [2.24, 2.45) is 5.73 Å². The molecule has 172 valence electrons. The predicted octanol–water partition coefficient (Wildman–Crippen LogP) is -1.98. The lowest BCUT2D eigenvalue weighted by molar-refractivity contribution is -0.258. The van der Waals surface area contributed by atoms with Crippen LogP contribution >= 0.6 is 0 Å². The highest BCUT2D eigenvalue weighted by Gasteiger charge is 2.75. The number of ether oxygens (including phenoxy) is 2. The first-order valence-corrected chi connectivity index (χ1v) is 9.88. The summed E-state index contributed by atoms with van der Waals surface area (Å²) in [6.45, 7) is 3.20. The Morgan fingerprint density at radius 2 is 1.97 bits per heavy atom. The van der Waals surface area contributed by atoms with Gasteiger partial charge in [0.1, 0.15) is 12.6 Å². The lowest BCUT2D eigenvalue weighted by Gasteiger charge is -2.50. The van der Waals surface area contributed by atoms with Crippen LogP contribution < -0.4 is 21.7 Å². The van der Waals surface area contributed by atoms with Crippen LogP contribution in [0, 0.1) is 24.7 Å². The van der Waals surface area contributed by atoms with Crippen molar-refractivity contribution in [1.29, 1.82) is 10.8 Å². The predicted molar refractivity (Wildman–Crippen MR) is 110 cm³/mol. The first-order valence-electron chi connectivity index (χ1n) is 9.88. The van der Waals surface area contributed by atoms with Crippen LogP contribution in [0.5, 0.6) is 0 Å². The van der Waals surface area contributed by atoms with Gasteiger partial charge in [0.2, 0.25) is 5.79 Å². The molecule has 1 aromatic carbocycles. The Morgan fingerprint density at radius 3 is 2.62 bits per heavy atom. The number of nitrogens with zero attached hydrogens (tertiary/aromatic N) is 1. The zero-order valence-electron chi connectivity index (χ0n) is 17.4. The lowest BCUT2D eigenvalue weighted by Crippen LogP contribution is -2.81. The Kier molecular flexibility index (Phi) is 4.90. The molecular weight excluding hydrogens is 422 g/mol. The van der Waals surface area contributed by atoms with Gasteiger partial charge >= 0.3 is 12.1 Å². The van der Waals surface area contributed by atoms with E-state index in [9.17, 15) is 19.8 Å². The molecule has 1 aromatic rings. The number of nitrogens with two attached hydrogens (primary N) is 1. The van der Waals surface area contributed by atoms with Crippen LogP contribution in [-0.4, -0.2) is 81.9 Å². The third-order valence-electron chi connectivity index (χ3n) is 6.24. The zero-order valence-corrected chi connectivity index (χ0v) is 17.4. The summed E-state index contributed by atoms with van der Waals surface area (Å²) in [5.74, 6) is -3.95. The topological polar surface area (TPSA) is 206 Å². The monoisotopic (exact) mass is 447 g/mol. The second-order valence-electron chi connectivity index (χ2n) is 8.15. The largest absolute Gasteiger partial charge is 0.451 e. The molecule has 3 fully saturated rings. The molecule has 32 heavy (non-hydrogen) atoms. The third-order valence-corrected chi connectivity index (χ3v) is 6.24. The number of aliphatic hydroxyl groups is 2. The van der Waals surface area contributed by atoms with Crippen LogP contribution in [0.1, 0.15) is 21.5 Å². The molecule has 13 nitrogen and oxygen atoms in total. The number of hydrogen-bond acceptors (Lipinski definition) is 8. The molecule has 4 atom stereocenters. The van der Waals surface area contributed by atoms with Crippen LogP contribution in [0.25, 0.3) is 0 Å². The highest BCUT2D eigenvalue weighted by Crippen LogP contribution is 2.44. The van der Waals surface area contributed by atoms with Crippen LogP contribution in [-0.2, 0) is 9.47 Å². The van der Waals surface area contributed by atoms with Gasteiger partial charge in [-0.25, -0.2) is 9.59 Å². The van der Waals surface area contributed by atoms with Crippen molar-refractivity contribution in [2.75, 3.05) is 13.2 Å². The SMILES string of the molecule is Cc1ccc(C(=O)O[C@H]2CN3C(=N)N[C@@H](COC(N)=O)[C@@H]4NC(=N)N[C@@]43C2(O)O)cc1C. The smallest absolute Gasteiger partial charge is 0.404 e. The fourth-order valence-electron chi connectivity index (χ4n) is 4.49. The highest BCUT2D eigenvalue weighted by molar-refractivity contribution is 5.91. The third kappa shape index (κ3) is 3.08. The van der Waals surface area contributed by atoms with E-state index in [0.29, 0.717) is 0 Å².